The third-order valence-corrected chi connectivity index (χ3v) is 5.60. The van der Waals surface area contributed by atoms with E-state index in [1.807, 2.05) is 13.2 Å². The number of nitrogens with zero attached hydrogens (tertiary/aromatic N) is 5. The highest BCUT2D eigenvalue weighted by Crippen LogP contribution is 2.19. The van der Waals surface area contributed by atoms with Gasteiger partial charge in [-0.25, -0.2) is 0 Å². The molecule has 1 aromatic heterocycles. The van der Waals surface area contributed by atoms with Crippen molar-refractivity contribution in [2.45, 2.75) is 58.2 Å². The second kappa shape index (κ2) is 14.1. The summed E-state index contributed by atoms with van der Waals surface area (Å²) in [6.45, 7) is 10.0. The van der Waals surface area contributed by atoms with Gasteiger partial charge in [0.05, 0.1) is 12.5 Å². The molecule has 10 heteroatoms. The van der Waals surface area contributed by atoms with Crippen LogP contribution >= 0.6 is 35.7 Å². The number of rotatable bonds is 9. The Labute approximate surface area is 202 Å². The van der Waals surface area contributed by atoms with Crippen LogP contribution in [-0.4, -0.2) is 71.1 Å². The minimum Gasteiger partial charge on any atom is -0.466 e. The van der Waals surface area contributed by atoms with E-state index in [1.165, 1.54) is 0 Å². The number of esters is 1. The number of hydrogen-bond donors (Lipinski definition) is 1. The molecule has 1 fully saturated rings. The monoisotopic (exact) mass is 552 g/mol. The Morgan fingerprint density at radius 2 is 2.17 bits per heavy atom. The molecule has 0 aliphatic carbocycles. The van der Waals surface area contributed by atoms with Crippen LogP contribution in [0.5, 0.6) is 0 Å². The van der Waals surface area contributed by atoms with Crippen molar-refractivity contribution in [2.24, 2.45) is 16.8 Å². The number of halogens is 1. The molecule has 1 aliphatic heterocycles. The van der Waals surface area contributed by atoms with Crippen LogP contribution in [0.25, 0.3) is 0 Å². The summed E-state index contributed by atoms with van der Waals surface area (Å²) in [5.74, 6) is 2.29. The molecule has 0 saturated carbocycles. The number of aryl methyl sites for hydroxylation is 1. The van der Waals surface area contributed by atoms with E-state index in [2.05, 4.69) is 43.8 Å². The highest BCUT2D eigenvalue weighted by atomic mass is 127. The van der Waals surface area contributed by atoms with Crippen LogP contribution in [-0.2, 0) is 22.5 Å². The van der Waals surface area contributed by atoms with E-state index >= 15 is 0 Å². The first kappa shape index (κ1) is 27.0. The zero-order valence-corrected chi connectivity index (χ0v) is 22.0. The van der Waals surface area contributed by atoms with Gasteiger partial charge in [0, 0.05) is 39.6 Å². The smallest absolute Gasteiger partial charge is 0.310 e. The highest BCUT2D eigenvalue weighted by molar-refractivity contribution is 14.0. The summed E-state index contributed by atoms with van der Waals surface area (Å²) in [5, 5.41) is 13.1. The van der Waals surface area contributed by atoms with Gasteiger partial charge in [-0.2, -0.15) is 0 Å². The van der Waals surface area contributed by atoms with Crippen LogP contribution in [0, 0.1) is 11.8 Å². The fourth-order valence-corrected chi connectivity index (χ4v) is 4.13. The molecule has 1 aromatic rings. The maximum atomic E-state index is 12.1. The quantitative estimate of drug-likeness (QED) is 0.126. The van der Waals surface area contributed by atoms with Crippen molar-refractivity contribution in [3.05, 3.63) is 5.82 Å². The van der Waals surface area contributed by atoms with Crippen molar-refractivity contribution in [1.29, 1.82) is 0 Å². The Hall–Kier alpha value is -1.04. The number of guanidine groups is 1. The molecule has 1 atom stereocenters. The first-order valence-electron chi connectivity index (χ1n) is 10.6. The van der Waals surface area contributed by atoms with Gasteiger partial charge in [-0.15, -0.1) is 34.2 Å². The normalized spacial score (nSPS) is 17.1. The zero-order chi connectivity index (χ0) is 21.2. The standard InChI is InChI=1S/C20H36N6O2S.HI/c1-6-28-18(27)16-9-8-12-25(14-16)19(21-4)22-11-7-10-17-23-24-20(29-5)26(17)13-15(2)3;/h15-16H,6-14H2,1-5H3,(H,21,22);1H. The molecule has 0 amide bonds. The van der Waals surface area contributed by atoms with Gasteiger partial charge in [-0.05, 0) is 38.4 Å². The van der Waals surface area contributed by atoms with Gasteiger partial charge >= 0.3 is 5.97 Å². The molecule has 172 valence electrons. The van der Waals surface area contributed by atoms with Crippen LogP contribution in [0.2, 0.25) is 0 Å². The summed E-state index contributed by atoms with van der Waals surface area (Å²) in [7, 11) is 1.79. The van der Waals surface area contributed by atoms with E-state index < -0.39 is 0 Å². The number of carbonyl (C=O) groups is 1. The molecular formula is C20H37IN6O2S. The Morgan fingerprint density at radius 3 is 2.80 bits per heavy atom. The largest absolute Gasteiger partial charge is 0.466 e. The van der Waals surface area contributed by atoms with E-state index in [1.54, 1.807) is 18.8 Å². The molecule has 8 nitrogen and oxygen atoms in total. The molecule has 2 rings (SSSR count). The number of aromatic nitrogens is 3. The predicted octanol–water partition coefficient (Wildman–Crippen LogP) is 3.06. The number of aliphatic imine (C=N–C) groups is 1. The van der Waals surface area contributed by atoms with Crippen molar-refractivity contribution < 1.29 is 9.53 Å². The van der Waals surface area contributed by atoms with E-state index in [0.29, 0.717) is 19.1 Å². The number of piperidine rings is 1. The first-order valence-corrected chi connectivity index (χ1v) is 11.8. The van der Waals surface area contributed by atoms with Crippen molar-refractivity contribution in [3.8, 4) is 0 Å². The van der Waals surface area contributed by atoms with Crippen LogP contribution in [0.4, 0.5) is 0 Å². The lowest BCUT2D eigenvalue weighted by Gasteiger charge is -2.33. The topological polar surface area (TPSA) is 84.6 Å². The minimum atomic E-state index is -0.0956. The maximum absolute atomic E-state index is 12.1. The summed E-state index contributed by atoms with van der Waals surface area (Å²) < 4.78 is 7.43. The van der Waals surface area contributed by atoms with Gasteiger partial charge in [-0.3, -0.25) is 9.79 Å². The average molecular weight is 553 g/mol. The van der Waals surface area contributed by atoms with Crippen LogP contribution < -0.4 is 5.32 Å². The molecule has 0 radical (unpaired) electrons. The van der Waals surface area contributed by atoms with Gasteiger partial charge in [0.25, 0.3) is 0 Å². The van der Waals surface area contributed by atoms with Gasteiger partial charge in [0.2, 0.25) is 0 Å². The summed E-state index contributed by atoms with van der Waals surface area (Å²) in [6, 6.07) is 0. The number of hydrogen-bond acceptors (Lipinski definition) is 6. The van der Waals surface area contributed by atoms with E-state index in [9.17, 15) is 4.79 Å². The second-order valence-corrected chi connectivity index (χ2v) is 8.50. The summed E-state index contributed by atoms with van der Waals surface area (Å²) in [5.41, 5.74) is 0. The number of thioether (sulfide) groups is 1. The fraction of sp³-hybridized carbons (Fsp3) is 0.800. The van der Waals surface area contributed by atoms with Gasteiger partial charge in [0.1, 0.15) is 5.82 Å². The number of likely N-dealkylation sites (tertiary alicyclic amines) is 1. The van der Waals surface area contributed by atoms with E-state index in [4.69, 9.17) is 4.74 Å². The molecule has 2 heterocycles. The van der Waals surface area contributed by atoms with Crippen molar-refractivity contribution in [3.63, 3.8) is 0 Å². The lowest BCUT2D eigenvalue weighted by molar-refractivity contribution is -0.149. The summed E-state index contributed by atoms with van der Waals surface area (Å²) in [4.78, 5) is 18.7. The third-order valence-electron chi connectivity index (χ3n) is 4.94. The predicted molar refractivity (Wildman–Crippen MR) is 133 cm³/mol. The average Bonchev–Trinajstić information content (AvgIpc) is 3.09. The maximum Gasteiger partial charge on any atom is 0.310 e. The zero-order valence-electron chi connectivity index (χ0n) is 18.9. The fourth-order valence-electron chi connectivity index (χ4n) is 3.60. The lowest BCUT2D eigenvalue weighted by atomic mass is 9.98. The Balaban J connectivity index is 0.00000450. The lowest BCUT2D eigenvalue weighted by Crippen LogP contribution is -2.48. The van der Waals surface area contributed by atoms with E-state index in [-0.39, 0.29) is 35.9 Å². The molecule has 1 N–H and O–H groups in total. The second-order valence-electron chi connectivity index (χ2n) is 7.72. The molecular weight excluding hydrogens is 515 g/mol. The number of ether oxygens (including phenoxy) is 1. The molecule has 0 bridgehead atoms. The number of carbonyl (C=O) groups excluding carboxylic acids is 1. The molecule has 1 aliphatic rings. The Morgan fingerprint density at radius 1 is 1.40 bits per heavy atom. The van der Waals surface area contributed by atoms with Gasteiger partial charge < -0.3 is 19.5 Å². The highest BCUT2D eigenvalue weighted by Gasteiger charge is 2.28. The molecule has 30 heavy (non-hydrogen) atoms. The summed E-state index contributed by atoms with van der Waals surface area (Å²) >= 11 is 1.64. The first-order chi connectivity index (χ1) is 14.0. The molecule has 0 spiro atoms. The van der Waals surface area contributed by atoms with Crippen molar-refractivity contribution in [2.75, 3.05) is 39.5 Å². The number of nitrogens with one attached hydrogen (secondary N) is 1. The van der Waals surface area contributed by atoms with Gasteiger partial charge in [0.15, 0.2) is 11.1 Å². The van der Waals surface area contributed by atoms with Crippen molar-refractivity contribution in [1.82, 2.24) is 25.0 Å². The Bertz CT molecular complexity index is 682. The van der Waals surface area contributed by atoms with Crippen LogP contribution in [0.1, 0.15) is 45.9 Å². The van der Waals surface area contributed by atoms with Crippen LogP contribution in [0.3, 0.4) is 0 Å². The molecule has 0 aromatic carbocycles. The van der Waals surface area contributed by atoms with Gasteiger partial charge in [-0.1, -0.05) is 25.6 Å². The SMILES string of the molecule is CCOC(=O)C1CCCN(C(=NC)NCCCc2nnc(SC)n2CC(C)C)C1.I. The molecule has 1 saturated heterocycles. The molecule has 1 unspecified atom stereocenters. The summed E-state index contributed by atoms with van der Waals surface area (Å²) in [6.07, 6.45) is 5.71. The van der Waals surface area contributed by atoms with E-state index in [0.717, 1.165) is 62.3 Å². The van der Waals surface area contributed by atoms with Crippen LogP contribution in [0.15, 0.2) is 10.1 Å². The van der Waals surface area contributed by atoms with Crippen molar-refractivity contribution >= 4 is 47.7 Å². The third kappa shape index (κ3) is 7.90. The minimum absolute atomic E-state index is 0. The Kier molecular flexibility index (Phi) is 12.7.